The zero-order chi connectivity index (χ0) is 25.0. The second kappa shape index (κ2) is 9.44. The highest BCUT2D eigenvalue weighted by Gasteiger charge is 2.30. The molecule has 0 aliphatic rings. The Kier molecular flexibility index (Phi) is 6.48. The lowest BCUT2D eigenvalue weighted by atomic mass is 9.99. The Morgan fingerprint density at radius 2 is 1.35 bits per heavy atom. The summed E-state index contributed by atoms with van der Waals surface area (Å²) in [6.45, 7) is 0. The average molecular weight is 465 g/mol. The van der Waals surface area contributed by atoms with Gasteiger partial charge in [-0.3, -0.25) is 35.3 Å². The van der Waals surface area contributed by atoms with E-state index in [-0.39, 0.29) is 5.75 Å². The summed E-state index contributed by atoms with van der Waals surface area (Å²) in [6, 6.07) is 16.4. The number of fused-ring (bicyclic) bond motifs is 1. The van der Waals surface area contributed by atoms with Gasteiger partial charge in [-0.2, -0.15) is 0 Å². The molecule has 13 nitrogen and oxygen atoms in total. The molecule has 0 spiro atoms. The number of aromatic hydroxyl groups is 2. The molecule has 1 heterocycles. The van der Waals surface area contributed by atoms with E-state index in [4.69, 9.17) is 10.8 Å². The van der Waals surface area contributed by atoms with Crippen LogP contribution in [-0.4, -0.2) is 30.0 Å². The second-order valence-corrected chi connectivity index (χ2v) is 6.73. The molecule has 0 aliphatic carbocycles. The first-order valence-corrected chi connectivity index (χ1v) is 9.33. The van der Waals surface area contributed by atoms with Crippen LogP contribution < -0.4 is 5.73 Å². The van der Waals surface area contributed by atoms with Gasteiger partial charge >= 0.3 is 11.4 Å². The van der Waals surface area contributed by atoms with Gasteiger partial charge in [0.2, 0.25) is 0 Å². The van der Waals surface area contributed by atoms with Crippen molar-refractivity contribution in [2.45, 2.75) is 0 Å². The van der Waals surface area contributed by atoms with E-state index in [1.165, 1.54) is 0 Å². The lowest BCUT2D eigenvalue weighted by Gasteiger charge is -2.10. The molecule has 4 N–H and O–H groups in total. The molecule has 0 aliphatic heterocycles. The van der Waals surface area contributed by atoms with Crippen molar-refractivity contribution in [2.24, 2.45) is 0 Å². The molecular weight excluding hydrogens is 450 g/mol. The highest BCUT2D eigenvalue weighted by Crippen LogP contribution is 2.39. The van der Waals surface area contributed by atoms with Crippen LogP contribution in [0.2, 0.25) is 0 Å². The van der Waals surface area contributed by atoms with Crippen molar-refractivity contribution in [1.82, 2.24) is 4.98 Å². The van der Waals surface area contributed by atoms with Crippen LogP contribution in [0.4, 0.5) is 22.7 Å². The molecule has 0 atom stereocenters. The van der Waals surface area contributed by atoms with Crippen LogP contribution in [0.15, 0.2) is 66.9 Å². The van der Waals surface area contributed by atoms with E-state index in [1.807, 2.05) is 42.5 Å². The quantitative estimate of drug-likeness (QED) is 0.168. The largest absolute Gasteiger partial charge is 0.504 e. The van der Waals surface area contributed by atoms with Crippen molar-refractivity contribution >= 4 is 33.7 Å². The molecular formula is C21H15N5O8. The zero-order valence-electron chi connectivity index (χ0n) is 17.1. The number of nitrogens with zero attached hydrogens (tertiary/aromatic N) is 4. The van der Waals surface area contributed by atoms with E-state index in [2.05, 4.69) is 4.98 Å². The number of anilines is 1. The van der Waals surface area contributed by atoms with Gasteiger partial charge in [0.05, 0.1) is 32.6 Å². The number of nitro groups is 3. The zero-order valence-corrected chi connectivity index (χ0v) is 17.1. The van der Waals surface area contributed by atoms with Crippen LogP contribution in [0.25, 0.3) is 22.0 Å². The van der Waals surface area contributed by atoms with E-state index in [9.17, 15) is 35.4 Å². The average Bonchev–Trinajstić information content (AvgIpc) is 2.82. The SMILES string of the molecule is Nc1cc(-c2ccccc2)c2cccnc2c1O.O=[N+]([O-])c1cc([N+](=O)[O-])c(O)c([N+](=O)[O-])c1. The van der Waals surface area contributed by atoms with Gasteiger partial charge in [-0.15, -0.1) is 0 Å². The Hall–Kier alpha value is -5.33. The molecule has 4 rings (SSSR count). The standard InChI is InChI=1S/C15H12N2O.C6H3N3O7/c16-13-9-12(10-5-2-1-3-6-10)11-7-4-8-17-14(11)15(13)18;10-6-4(8(13)14)1-3(7(11)12)2-5(6)9(15)16/h1-9,18H,16H2;1-2,10H. The second-order valence-electron chi connectivity index (χ2n) is 6.73. The number of non-ortho nitro benzene ring substituents is 1. The summed E-state index contributed by atoms with van der Waals surface area (Å²) in [7, 11) is 0. The van der Waals surface area contributed by atoms with Gasteiger partial charge in [-0.1, -0.05) is 36.4 Å². The predicted octanol–water partition coefficient (Wildman–Crippen LogP) is 4.31. The lowest BCUT2D eigenvalue weighted by Crippen LogP contribution is -1.97. The molecule has 0 radical (unpaired) electrons. The van der Waals surface area contributed by atoms with Gasteiger partial charge in [0, 0.05) is 11.6 Å². The van der Waals surface area contributed by atoms with Crippen molar-refractivity contribution in [3.63, 3.8) is 0 Å². The van der Waals surface area contributed by atoms with Crippen molar-refractivity contribution in [3.05, 3.63) is 97.2 Å². The molecule has 1 aromatic heterocycles. The minimum Gasteiger partial charge on any atom is -0.504 e. The highest BCUT2D eigenvalue weighted by molar-refractivity contribution is 6.01. The maximum Gasteiger partial charge on any atom is 0.324 e. The van der Waals surface area contributed by atoms with Gasteiger partial charge in [-0.05, 0) is 23.3 Å². The van der Waals surface area contributed by atoms with E-state index in [0.717, 1.165) is 16.5 Å². The maximum absolute atomic E-state index is 10.4. The molecule has 172 valence electrons. The number of phenolic OH excluding ortho intramolecular Hbond substituents is 2. The van der Waals surface area contributed by atoms with Crippen molar-refractivity contribution in [3.8, 4) is 22.6 Å². The number of hydrogen-bond acceptors (Lipinski definition) is 10. The van der Waals surface area contributed by atoms with E-state index >= 15 is 0 Å². The van der Waals surface area contributed by atoms with Crippen LogP contribution in [0.1, 0.15) is 0 Å². The van der Waals surface area contributed by atoms with Crippen LogP contribution in [0.5, 0.6) is 11.5 Å². The third-order valence-electron chi connectivity index (χ3n) is 4.64. The third-order valence-corrected chi connectivity index (χ3v) is 4.64. The maximum atomic E-state index is 10.4. The van der Waals surface area contributed by atoms with Gasteiger partial charge < -0.3 is 15.9 Å². The number of phenols is 2. The molecule has 0 saturated heterocycles. The number of nitrogen functional groups attached to an aromatic ring is 1. The van der Waals surface area contributed by atoms with Crippen molar-refractivity contribution in [2.75, 3.05) is 5.73 Å². The van der Waals surface area contributed by atoms with Crippen molar-refractivity contribution < 1.29 is 25.0 Å². The van der Waals surface area contributed by atoms with Crippen LogP contribution in [0.3, 0.4) is 0 Å². The number of nitro benzene ring substituents is 3. The first-order valence-electron chi connectivity index (χ1n) is 9.33. The molecule has 0 amide bonds. The molecule has 3 aromatic carbocycles. The number of benzene rings is 3. The fraction of sp³-hybridized carbons (Fsp3) is 0. The molecule has 4 aromatic rings. The summed E-state index contributed by atoms with van der Waals surface area (Å²) >= 11 is 0. The first-order chi connectivity index (χ1) is 16.1. The Labute approximate surface area is 189 Å². The molecule has 0 unspecified atom stereocenters. The lowest BCUT2D eigenvalue weighted by molar-refractivity contribution is -0.404. The molecule has 13 heteroatoms. The van der Waals surface area contributed by atoms with Gasteiger partial charge in [0.1, 0.15) is 5.52 Å². The van der Waals surface area contributed by atoms with E-state index in [0.29, 0.717) is 23.3 Å². The Morgan fingerprint density at radius 1 is 0.765 bits per heavy atom. The van der Waals surface area contributed by atoms with Crippen LogP contribution in [0, 0.1) is 30.3 Å². The fourth-order valence-corrected chi connectivity index (χ4v) is 3.08. The summed E-state index contributed by atoms with van der Waals surface area (Å²) in [5.41, 5.74) is 5.76. The fourth-order valence-electron chi connectivity index (χ4n) is 3.08. The molecule has 0 bridgehead atoms. The molecule has 34 heavy (non-hydrogen) atoms. The van der Waals surface area contributed by atoms with Gasteiger partial charge in [0.15, 0.2) is 5.75 Å². The molecule has 0 fully saturated rings. The number of hydrogen-bond donors (Lipinski definition) is 3. The smallest absolute Gasteiger partial charge is 0.324 e. The number of pyridine rings is 1. The van der Waals surface area contributed by atoms with Crippen molar-refractivity contribution in [1.29, 1.82) is 0 Å². The Balaban J connectivity index is 0.000000192. The summed E-state index contributed by atoms with van der Waals surface area (Å²) in [5.74, 6) is -1.16. The number of rotatable bonds is 4. The van der Waals surface area contributed by atoms with Crippen LogP contribution in [-0.2, 0) is 0 Å². The number of aromatic nitrogens is 1. The van der Waals surface area contributed by atoms with Gasteiger partial charge in [0.25, 0.3) is 11.4 Å². The normalized spacial score (nSPS) is 10.2. The monoisotopic (exact) mass is 465 g/mol. The third kappa shape index (κ3) is 4.62. The Morgan fingerprint density at radius 3 is 1.88 bits per heavy atom. The number of nitrogens with two attached hydrogens (primary N) is 1. The summed E-state index contributed by atoms with van der Waals surface area (Å²) in [6.07, 6.45) is 1.65. The Bertz CT molecular complexity index is 1390. The first kappa shape index (κ1) is 23.3. The van der Waals surface area contributed by atoms with E-state index in [1.54, 1.807) is 12.3 Å². The highest BCUT2D eigenvalue weighted by atomic mass is 16.6. The summed E-state index contributed by atoms with van der Waals surface area (Å²) in [4.78, 5) is 32.0. The summed E-state index contributed by atoms with van der Waals surface area (Å²) < 4.78 is 0. The summed E-state index contributed by atoms with van der Waals surface area (Å²) in [5, 5.41) is 51.1. The minimum absolute atomic E-state index is 0.0466. The van der Waals surface area contributed by atoms with Crippen LogP contribution >= 0.6 is 0 Å². The van der Waals surface area contributed by atoms with Gasteiger partial charge in [-0.25, -0.2) is 0 Å². The minimum atomic E-state index is -1.21. The molecule has 0 saturated carbocycles. The topological polar surface area (TPSA) is 209 Å². The van der Waals surface area contributed by atoms with E-state index < -0.39 is 37.6 Å². The predicted molar refractivity (Wildman–Crippen MR) is 121 cm³/mol.